The van der Waals surface area contributed by atoms with Crippen molar-refractivity contribution in [2.24, 2.45) is 0 Å². The summed E-state index contributed by atoms with van der Waals surface area (Å²) < 4.78 is 19.5. The Morgan fingerprint density at radius 3 is 2.55 bits per heavy atom. The monoisotopic (exact) mass is 478 g/mol. The molecule has 8 heteroatoms. The lowest BCUT2D eigenvalue weighted by molar-refractivity contribution is -0.123. The Bertz CT molecular complexity index is 1280. The van der Waals surface area contributed by atoms with Gasteiger partial charge in [-0.1, -0.05) is 48.0 Å². The van der Waals surface area contributed by atoms with Gasteiger partial charge in [-0.25, -0.2) is 4.39 Å². The number of ether oxygens (including phenoxy) is 1. The molecule has 1 aliphatic rings. The van der Waals surface area contributed by atoms with E-state index in [1.165, 1.54) is 12.1 Å². The molecule has 3 aromatic rings. The Morgan fingerprint density at radius 1 is 1.06 bits per heavy atom. The zero-order valence-corrected chi connectivity index (χ0v) is 18.7. The highest BCUT2D eigenvalue weighted by Gasteiger charge is 2.35. The maximum Gasteiger partial charge on any atom is 0.293 e. The van der Waals surface area contributed by atoms with Crippen LogP contribution in [-0.4, -0.2) is 16.0 Å². The van der Waals surface area contributed by atoms with Gasteiger partial charge in [0.1, 0.15) is 18.2 Å². The molecule has 0 bridgehead atoms. The van der Waals surface area contributed by atoms with Gasteiger partial charge in [0.2, 0.25) is 0 Å². The molecule has 5 nitrogen and oxygen atoms in total. The quantitative estimate of drug-likeness (QED) is 0.396. The molecule has 0 saturated carbocycles. The first-order valence-corrected chi connectivity index (χ1v) is 11.0. The number of benzene rings is 3. The normalized spacial score (nSPS) is 14.6. The number of imide groups is 1. The van der Waals surface area contributed by atoms with Crippen LogP contribution < -0.4 is 4.74 Å². The molecule has 4 rings (SSSR count). The average molecular weight is 479 g/mol. The van der Waals surface area contributed by atoms with Gasteiger partial charge in [-0.15, -0.1) is 0 Å². The minimum atomic E-state index is -0.438. The molecule has 1 fully saturated rings. The highest BCUT2D eigenvalue weighted by atomic mass is 35.5. The Kier molecular flexibility index (Phi) is 6.78. The molecule has 1 heterocycles. The third-order valence-electron chi connectivity index (χ3n) is 4.96. The Hall–Kier alpha value is -3.60. The number of amides is 2. The molecule has 164 valence electrons. The summed E-state index contributed by atoms with van der Waals surface area (Å²) in [6.07, 6.45) is 1.62. The Labute approximate surface area is 199 Å². The summed E-state index contributed by atoms with van der Waals surface area (Å²) in [6.45, 7) is 0.0189. The van der Waals surface area contributed by atoms with Crippen LogP contribution in [0.2, 0.25) is 5.02 Å². The molecule has 0 N–H and O–H groups in total. The standard InChI is InChI=1S/C25H16ClFN2O3S/c26-21-6-3-7-22(27)20(21)15-32-19-10-8-16(9-11-19)12-23-24(30)29(25(31)33-23)14-18-5-2-1-4-17(18)13-28/h1-12H,14-15H2/b23-12-. The molecule has 33 heavy (non-hydrogen) atoms. The molecule has 0 unspecified atom stereocenters. The largest absolute Gasteiger partial charge is 0.489 e. The first-order valence-electron chi connectivity index (χ1n) is 9.85. The predicted octanol–water partition coefficient (Wildman–Crippen LogP) is 6.17. The van der Waals surface area contributed by atoms with Crippen LogP contribution in [0.25, 0.3) is 6.08 Å². The van der Waals surface area contributed by atoms with Crippen molar-refractivity contribution in [2.45, 2.75) is 13.2 Å². The van der Waals surface area contributed by atoms with E-state index in [0.29, 0.717) is 32.4 Å². The van der Waals surface area contributed by atoms with Crippen molar-refractivity contribution in [3.05, 3.63) is 105 Å². The average Bonchev–Trinajstić information content (AvgIpc) is 3.07. The molecule has 0 atom stereocenters. The molecule has 1 aliphatic heterocycles. The first-order chi connectivity index (χ1) is 16.0. The third-order valence-corrected chi connectivity index (χ3v) is 6.22. The van der Waals surface area contributed by atoms with Gasteiger partial charge < -0.3 is 4.74 Å². The van der Waals surface area contributed by atoms with Gasteiger partial charge in [0.15, 0.2) is 0 Å². The van der Waals surface area contributed by atoms with E-state index >= 15 is 0 Å². The second-order valence-electron chi connectivity index (χ2n) is 7.09. The summed E-state index contributed by atoms with van der Waals surface area (Å²) in [4.78, 5) is 26.6. The summed E-state index contributed by atoms with van der Waals surface area (Å²) in [5.41, 5.74) is 2.01. The molecular weight excluding hydrogens is 463 g/mol. The van der Waals surface area contributed by atoms with Crippen LogP contribution in [0, 0.1) is 17.1 Å². The highest BCUT2D eigenvalue weighted by molar-refractivity contribution is 8.18. The summed E-state index contributed by atoms with van der Waals surface area (Å²) in [5, 5.41) is 9.14. The van der Waals surface area contributed by atoms with Gasteiger partial charge in [0, 0.05) is 5.56 Å². The molecule has 0 spiro atoms. The van der Waals surface area contributed by atoms with Crippen molar-refractivity contribution in [3.8, 4) is 11.8 Å². The number of rotatable bonds is 6. The van der Waals surface area contributed by atoms with Gasteiger partial charge in [-0.2, -0.15) is 5.26 Å². The zero-order chi connectivity index (χ0) is 23.4. The highest BCUT2D eigenvalue weighted by Crippen LogP contribution is 2.34. The second-order valence-corrected chi connectivity index (χ2v) is 8.50. The second kappa shape index (κ2) is 9.90. The smallest absolute Gasteiger partial charge is 0.293 e. The van der Waals surface area contributed by atoms with E-state index in [1.54, 1.807) is 60.7 Å². The van der Waals surface area contributed by atoms with E-state index in [2.05, 4.69) is 6.07 Å². The summed E-state index contributed by atoms with van der Waals surface area (Å²) in [6, 6.07) is 20.2. The van der Waals surface area contributed by atoms with Gasteiger partial charge in [0.05, 0.1) is 28.1 Å². The number of carbonyl (C=O) groups is 2. The van der Waals surface area contributed by atoms with Crippen LogP contribution in [-0.2, 0) is 17.9 Å². The van der Waals surface area contributed by atoms with Crippen molar-refractivity contribution in [2.75, 3.05) is 0 Å². The fraction of sp³-hybridized carbons (Fsp3) is 0.0800. The summed E-state index contributed by atoms with van der Waals surface area (Å²) in [5.74, 6) is -0.341. The number of carbonyl (C=O) groups excluding carboxylic acids is 2. The van der Waals surface area contributed by atoms with E-state index < -0.39 is 11.7 Å². The molecule has 0 radical (unpaired) electrons. The molecule has 3 aromatic carbocycles. The van der Waals surface area contributed by atoms with Crippen LogP contribution in [0.15, 0.2) is 71.6 Å². The number of nitriles is 1. The SMILES string of the molecule is N#Cc1ccccc1CN1C(=O)S/C(=C\c2ccc(OCc3c(F)cccc3Cl)cc2)C1=O. The third kappa shape index (κ3) is 5.08. The minimum Gasteiger partial charge on any atom is -0.489 e. The summed E-state index contributed by atoms with van der Waals surface area (Å²) in [7, 11) is 0. The number of hydrogen-bond acceptors (Lipinski definition) is 5. The lowest BCUT2D eigenvalue weighted by Gasteiger charge is -2.13. The molecule has 1 saturated heterocycles. The molecule has 0 aromatic heterocycles. The number of halogens is 2. The first kappa shape index (κ1) is 22.6. The topological polar surface area (TPSA) is 70.4 Å². The van der Waals surface area contributed by atoms with Crippen molar-refractivity contribution >= 4 is 40.6 Å². The van der Waals surface area contributed by atoms with Gasteiger partial charge in [0.25, 0.3) is 11.1 Å². The van der Waals surface area contributed by atoms with E-state index in [-0.39, 0.29) is 24.0 Å². The van der Waals surface area contributed by atoms with Gasteiger partial charge >= 0.3 is 0 Å². The van der Waals surface area contributed by atoms with Crippen molar-refractivity contribution < 1.29 is 18.7 Å². The van der Waals surface area contributed by atoms with Crippen LogP contribution in [0.4, 0.5) is 9.18 Å². The van der Waals surface area contributed by atoms with Crippen LogP contribution in [0.1, 0.15) is 22.3 Å². The van der Waals surface area contributed by atoms with Crippen molar-refractivity contribution in [3.63, 3.8) is 0 Å². The number of nitrogens with zero attached hydrogens (tertiary/aromatic N) is 2. The molecular formula is C25H16ClFN2O3S. The van der Waals surface area contributed by atoms with Crippen LogP contribution in [0.3, 0.4) is 0 Å². The van der Waals surface area contributed by atoms with Gasteiger partial charge in [-0.3, -0.25) is 14.5 Å². The van der Waals surface area contributed by atoms with Crippen LogP contribution in [0.5, 0.6) is 5.75 Å². The lowest BCUT2D eigenvalue weighted by atomic mass is 10.1. The minimum absolute atomic E-state index is 0.0199. The summed E-state index contributed by atoms with van der Waals surface area (Å²) >= 11 is 6.86. The number of thioether (sulfide) groups is 1. The number of hydrogen-bond donors (Lipinski definition) is 0. The van der Waals surface area contributed by atoms with E-state index in [1.807, 2.05) is 0 Å². The van der Waals surface area contributed by atoms with Crippen molar-refractivity contribution in [1.29, 1.82) is 5.26 Å². The maximum absolute atomic E-state index is 13.9. The Balaban J connectivity index is 1.44. The molecule has 2 amide bonds. The van der Waals surface area contributed by atoms with E-state index in [0.717, 1.165) is 16.7 Å². The van der Waals surface area contributed by atoms with Crippen molar-refractivity contribution in [1.82, 2.24) is 4.90 Å². The maximum atomic E-state index is 13.9. The predicted molar refractivity (Wildman–Crippen MR) is 125 cm³/mol. The zero-order valence-electron chi connectivity index (χ0n) is 17.1. The fourth-order valence-corrected chi connectivity index (χ4v) is 4.27. The Morgan fingerprint density at radius 2 is 1.82 bits per heavy atom. The fourth-order valence-electron chi connectivity index (χ4n) is 3.21. The van der Waals surface area contributed by atoms with E-state index in [4.69, 9.17) is 16.3 Å². The van der Waals surface area contributed by atoms with E-state index in [9.17, 15) is 19.2 Å². The lowest BCUT2D eigenvalue weighted by Crippen LogP contribution is -2.27. The van der Waals surface area contributed by atoms with Gasteiger partial charge in [-0.05, 0) is 59.3 Å². The van der Waals surface area contributed by atoms with Crippen LogP contribution >= 0.6 is 23.4 Å². The molecule has 0 aliphatic carbocycles.